The van der Waals surface area contributed by atoms with Crippen molar-refractivity contribution >= 4 is 49.0 Å². The van der Waals surface area contributed by atoms with E-state index in [0.29, 0.717) is 0 Å². The summed E-state index contributed by atoms with van der Waals surface area (Å²) in [5, 5.41) is 18.8. The van der Waals surface area contributed by atoms with Crippen molar-refractivity contribution in [2.45, 2.75) is 67.2 Å². The summed E-state index contributed by atoms with van der Waals surface area (Å²) in [5.74, 6) is 0.547. The first-order valence-electron chi connectivity index (χ1n) is 15.7. The quantitative estimate of drug-likeness (QED) is 0.0553. The van der Waals surface area contributed by atoms with Crippen LogP contribution in [-0.4, -0.2) is 15.9 Å². The van der Waals surface area contributed by atoms with Crippen LogP contribution in [-0.2, 0) is 24.9 Å². The Morgan fingerprint density at radius 1 is 0.773 bits per heavy atom. The van der Waals surface area contributed by atoms with Gasteiger partial charge < -0.3 is 5.11 Å². The van der Waals surface area contributed by atoms with Gasteiger partial charge in [-0.15, -0.1) is 34.9 Å². The van der Waals surface area contributed by atoms with Crippen LogP contribution in [0.4, 0.5) is 0 Å². The average Bonchev–Trinajstić information content (AvgIpc) is 3.00. The predicted octanol–water partition coefficient (Wildman–Crippen LogP) is 11.1. The van der Waals surface area contributed by atoms with Crippen molar-refractivity contribution in [2.24, 2.45) is 11.8 Å². The molecule has 0 fully saturated rings. The van der Waals surface area contributed by atoms with Crippen LogP contribution in [0.2, 0.25) is 0 Å². The van der Waals surface area contributed by atoms with E-state index in [1.807, 2.05) is 27.7 Å². The number of hydrogen-bond acceptors (Lipinski definition) is 3. The van der Waals surface area contributed by atoms with E-state index in [9.17, 15) is 9.90 Å². The van der Waals surface area contributed by atoms with Crippen LogP contribution in [0.3, 0.4) is 0 Å². The van der Waals surface area contributed by atoms with E-state index in [2.05, 4.69) is 92.7 Å². The summed E-state index contributed by atoms with van der Waals surface area (Å²) < 4.78 is 0. The Balaban J connectivity index is 0.000000239. The topological polar surface area (TPSA) is 50.2 Å². The van der Waals surface area contributed by atoms with Crippen molar-refractivity contribution < 1.29 is 30.0 Å². The van der Waals surface area contributed by atoms with Crippen molar-refractivity contribution in [3.8, 4) is 11.3 Å². The number of aryl methyl sites for hydroxylation is 2. The summed E-state index contributed by atoms with van der Waals surface area (Å²) in [6, 6.07) is 29.7. The minimum atomic E-state index is 0. The number of aliphatic hydroxyl groups excluding tert-OH is 1. The third kappa shape index (κ3) is 6.58. The van der Waals surface area contributed by atoms with Gasteiger partial charge in [-0.25, -0.2) is 0 Å². The van der Waals surface area contributed by atoms with E-state index in [4.69, 9.17) is 4.98 Å². The summed E-state index contributed by atoms with van der Waals surface area (Å²) in [4.78, 5) is 16.8. The monoisotopic (exact) mass is 761 g/mol. The smallest absolute Gasteiger partial charge is 0.162 e. The molecule has 0 unspecified atom stereocenters. The third-order valence-electron chi connectivity index (χ3n) is 8.82. The number of hydrogen-bond donors (Lipinski definition) is 1. The maximum atomic E-state index is 11.7. The Morgan fingerprint density at radius 3 is 1.93 bits per heavy atom. The molecule has 6 aromatic rings. The fourth-order valence-corrected chi connectivity index (χ4v) is 6.46. The minimum Gasteiger partial charge on any atom is -0.512 e. The Morgan fingerprint density at radius 2 is 1.34 bits per heavy atom. The number of allylic oxidation sites excluding steroid dienone is 2. The summed E-state index contributed by atoms with van der Waals surface area (Å²) in [6.45, 7) is 12.3. The molecule has 0 amide bonds. The van der Waals surface area contributed by atoms with E-state index in [1.54, 1.807) is 0 Å². The molecule has 4 heteroatoms. The molecule has 0 aliphatic rings. The molecule has 3 nitrogen and oxygen atoms in total. The zero-order valence-corrected chi connectivity index (χ0v) is 29.0. The van der Waals surface area contributed by atoms with Crippen LogP contribution in [0.5, 0.6) is 0 Å². The van der Waals surface area contributed by atoms with Crippen LogP contribution < -0.4 is 0 Å². The second-order valence-electron chi connectivity index (χ2n) is 11.7. The molecular weight excluding hydrogens is 719 g/mol. The van der Waals surface area contributed by atoms with Crippen molar-refractivity contribution in [2.75, 3.05) is 0 Å². The van der Waals surface area contributed by atoms with Gasteiger partial charge in [0.15, 0.2) is 5.78 Å². The number of aromatic nitrogens is 1. The van der Waals surface area contributed by atoms with E-state index in [-0.39, 0.29) is 43.5 Å². The third-order valence-corrected chi connectivity index (χ3v) is 8.82. The van der Waals surface area contributed by atoms with Gasteiger partial charge in [-0.1, -0.05) is 96.1 Å². The number of benzene rings is 5. The number of nitrogens with zero attached hydrogens (tertiary/aromatic N) is 1. The van der Waals surface area contributed by atoms with Gasteiger partial charge >= 0.3 is 0 Å². The van der Waals surface area contributed by atoms with Gasteiger partial charge in [0.05, 0.1) is 11.3 Å². The molecule has 0 bridgehead atoms. The molecule has 229 valence electrons. The number of aliphatic hydroxyl groups is 1. The molecule has 0 saturated heterocycles. The second-order valence-corrected chi connectivity index (χ2v) is 11.7. The van der Waals surface area contributed by atoms with Gasteiger partial charge in [-0.2, -0.15) is 0 Å². The van der Waals surface area contributed by atoms with Crippen molar-refractivity contribution in [1.29, 1.82) is 0 Å². The van der Waals surface area contributed by atoms with Crippen LogP contribution in [0.25, 0.3) is 54.5 Å². The summed E-state index contributed by atoms with van der Waals surface area (Å²) in [6.07, 6.45) is 4.91. The number of ketones is 1. The molecule has 1 radical (unpaired) electrons. The van der Waals surface area contributed by atoms with Gasteiger partial charge in [0.2, 0.25) is 0 Å². The van der Waals surface area contributed by atoms with Gasteiger partial charge in [-0.3, -0.25) is 9.78 Å². The van der Waals surface area contributed by atoms with Crippen LogP contribution in [0, 0.1) is 31.7 Å². The Bertz CT molecular complexity index is 1910. The largest absolute Gasteiger partial charge is 0.512 e. The maximum Gasteiger partial charge on any atom is 0.162 e. The van der Waals surface area contributed by atoms with E-state index in [0.717, 1.165) is 48.0 Å². The van der Waals surface area contributed by atoms with Gasteiger partial charge in [0.25, 0.3) is 0 Å². The van der Waals surface area contributed by atoms with Crippen molar-refractivity contribution in [1.82, 2.24) is 4.98 Å². The molecule has 6 rings (SSSR count). The van der Waals surface area contributed by atoms with Crippen molar-refractivity contribution in [3.63, 3.8) is 0 Å². The number of pyridine rings is 1. The molecule has 1 heterocycles. The first-order valence-corrected chi connectivity index (χ1v) is 15.7. The average molecular weight is 761 g/mol. The standard InChI is InChI=1S/C27H18N.C13H24O2.Ir/c1-16-12-17(2)14-19(13-16)25-15-23-22-9-4-7-18-6-3-8-20(26(18)22)21-10-5-11-24(28-25)27(21)23;1-5-10(6-2)12(14)9-13(15)11(7-3)8-4;/h3-13,15H,1-2H3;9-11,14H,5-8H2,1-4H3;/q-1;;/b;12-9-;. The molecule has 0 atom stereocenters. The fraction of sp³-hybridized carbons (Fsp3) is 0.300. The maximum absolute atomic E-state index is 11.7. The van der Waals surface area contributed by atoms with Crippen molar-refractivity contribution in [3.05, 3.63) is 102 Å². The zero-order chi connectivity index (χ0) is 30.7. The van der Waals surface area contributed by atoms with E-state index in [1.165, 1.54) is 49.3 Å². The number of rotatable bonds is 8. The SMILES string of the molecule is CCC(CC)C(=O)/C=C(\O)C(CC)CC.Cc1[c-]c(-c2cc3c4cccc5cccc(c6cccc(n2)c63)c54)cc(C)c1.[Ir]. The first-order chi connectivity index (χ1) is 20.8. The van der Waals surface area contributed by atoms with Crippen LogP contribution in [0.1, 0.15) is 64.5 Å². The van der Waals surface area contributed by atoms with Gasteiger partial charge in [0, 0.05) is 43.4 Å². The summed E-state index contributed by atoms with van der Waals surface area (Å²) in [5.41, 5.74) is 5.48. The Hall–Kier alpha value is -3.59. The second kappa shape index (κ2) is 14.5. The molecule has 44 heavy (non-hydrogen) atoms. The molecule has 0 spiro atoms. The zero-order valence-electron chi connectivity index (χ0n) is 26.6. The summed E-state index contributed by atoms with van der Waals surface area (Å²) >= 11 is 0. The number of carbonyl (C=O) groups is 1. The van der Waals surface area contributed by atoms with Gasteiger partial charge in [-0.05, 0) is 69.8 Å². The molecular formula is C40H42IrNO2-. The normalized spacial score (nSPS) is 11.9. The Kier molecular flexibility index (Phi) is 10.9. The number of fused-ring (bicyclic) bond motifs is 2. The van der Waals surface area contributed by atoms with Crippen LogP contribution in [0.15, 0.2) is 84.6 Å². The number of carbonyl (C=O) groups excluding carboxylic acids is 1. The first kappa shape index (κ1) is 33.3. The molecule has 0 aliphatic heterocycles. The molecule has 1 aromatic heterocycles. The molecule has 0 saturated carbocycles. The molecule has 1 N–H and O–H groups in total. The Labute approximate surface area is 275 Å². The van der Waals surface area contributed by atoms with E-state index < -0.39 is 0 Å². The predicted molar refractivity (Wildman–Crippen MR) is 183 cm³/mol. The van der Waals surface area contributed by atoms with E-state index >= 15 is 0 Å². The minimum absolute atomic E-state index is 0. The van der Waals surface area contributed by atoms with Gasteiger partial charge in [0.1, 0.15) is 0 Å². The molecule has 5 aromatic carbocycles. The van der Waals surface area contributed by atoms with Crippen LogP contribution >= 0.6 is 0 Å². The fourth-order valence-electron chi connectivity index (χ4n) is 6.46. The molecule has 0 aliphatic carbocycles. The summed E-state index contributed by atoms with van der Waals surface area (Å²) in [7, 11) is 0.